The van der Waals surface area contributed by atoms with Crippen LogP contribution in [-0.2, 0) is 0 Å². The van der Waals surface area contributed by atoms with Crippen LogP contribution in [0.5, 0.6) is 0 Å². The molecule has 1 fully saturated rings. The van der Waals surface area contributed by atoms with Crippen LogP contribution >= 0.6 is 11.8 Å². The zero-order chi connectivity index (χ0) is 12.5. The van der Waals surface area contributed by atoms with Gasteiger partial charge in [-0.25, -0.2) is 4.68 Å². The molecule has 6 nitrogen and oxygen atoms in total. The number of tetrazole rings is 1. The van der Waals surface area contributed by atoms with Crippen molar-refractivity contribution in [3.8, 4) is 0 Å². The molecule has 0 saturated heterocycles. The molecule has 2 aromatic heterocycles. The first-order valence-corrected chi connectivity index (χ1v) is 6.65. The lowest BCUT2D eigenvalue weighted by Gasteiger charge is -2.05. The Balaban J connectivity index is 1.77. The second-order valence-corrected chi connectivity index (χ2v) is 5.37. The molecule has 18 heavy (non-hydrogen) atoms. The Morgan fingerprint density at radius 3 is 2.89 bits per heavy atom. The van der Waals surface area contributed by atoms with Crippen molar-refractivity contribution in [2.75, 3.05) is 0 Å². The van der Waals surface area contributed by atoms with Crippen molar-refractivity contribution >= 4 is 11.8 Å². The van der Waals surface area contributed by atoms with Crippen LogP contribution in [0.2, 0.25) is 0 Å². The van der Waals surface area contributed by atoms with Gasteiger partial charge in [-0.3, -0.25) is 4.98 Å². The summed E-state index contributed by atoms with van der Waals surface area (Å²) in [5.74, 6) is 0. The molecule has 0 aliphatic heterocycles. The van der Waals surface area contributed by atoms with Gasteiger partial charge in [0.05, 0.1) is 17.8 Å². The van der Waals surface area contributed by atoms with Gasteiger partial charge in [0.1, 0.15) is 0 Å². The molecule has 0 bridgehead atoms. The van der Waals surface area contributed by atoms with E-state index in [4.69, 9.17) is 0 Å². The molecule has 1 aliphatic carbocycles. The standard InChI is InChI=1S/C11H13N5OS/c1-7(17)10-5-4-9(6-12-10)18-11-13-14-15-16(11)8-2-3-8/h4-8,17H,2-3H2,1H3. The van der Waals surface area contributed by atoms with Crippen molar-refractivity contribution in [2.45, 2.75) is 42.0 Å². The summed E-state index contributed by atoms with van der Waals surface area (Å²) >= 11 is 1.49. The summed E-state index contributed by atoms with van der Waals surface area (Å²) in [6, 6.07) is 4.20. The third-order valence-electron chi connectivity index (χ3n) is 2.75. The van der Waals surface area contributed by atoms with Gasteiger partial charge in [0.25, 0.3) is 0 Å². The fourth-order valence-corrected chi connectivity index (χ4v) is 2.41. The molecule has 94 valence electrons. The molecule has 0 radical (unpaired) electrons. The lowest BCUT2D eigenvalue weighted by molar-refractivity contribution is 0.194. The first-order valence-electron chi connectivity index (χ1n) is 5.84. The predicted octanol–water partition coefficient (Wildman–Crippen LogP) is 1.61. The quantitative estimate of drug-likeness (QED) is 0.903. The van der Waals surface area contributed by atoms with Gasteiger partial charge in [-0.2, -0.15) is 0 Å². The van der Waals surface area contributed by atoms with Crippen LogP contribution in [-0.4, -0.2) is 30.3 Å². The third kappa shape index (κ3) is 2.37. The maximum atomic E-state index is 9.39. The monoisotopic (exact) mass is 263 g/mol. The summed E-state index contributed by atoms with van der Waals surface area (Å²) in [5, 5.41) is 21.9. The van der Waals surface area contributed by atoms with Gasteiger partial charge in [-0.15, -0.1) is 5.10 Å². The number of hydrogen-bond acceptors (Lipinski definition) is 6. The maximum Gasteiger partial charge on any atom is 0.214 e. The Hall–Kier alpha value is -1.47. The van der Waals surface area contributed by atoms with Gasteiger partial charge >= 0.3 is 0 Å². The molecule has 3 rings (SSSR count). The van der Waals surface area contributed by atoms with E-state index < -0.39 is 6.10 Å². The van der Waals surface area contributed by atoms with E-state index in [2.05, 4.69) is 20.5 Å². The molecule has 0 aromatic carbocycles. The Morgan fingerprint density at radius 2 is 2.28 bits per heavy atom. The summed E-state index contributed by atoms with van der Waals surface area (Å²) in [6.45, 7) is 1.70. The maximum absolute atomic E-state index is 9.39. The lowest BCUT2D eigenvalue weighted by Crippen LogP contribution is -1.99. The molecule has 1 unspecified atom stereocenters. The fraction of sp³-hybridized carbons (Fsp3) is 0.455. The Morgan fingerprint density at radius 1 is 1.44 bits per heavy atom. The summed E-state index contributed by atoms with van der Waals surface area (Å²) in [6.07, 6.45) is 3.50. The molecule has 1 atom stereocenters. The van der Waals surface area contributed by atoms with Gasteiger partial charge in [-0.1, -0.05) is 0 Å². The zero-order valence-corrected chi connectivity index (χ0v) is 10.7. The predicted molar refractivity (Wildman–Crippen MR) is 65.1 cm³/mol. The highest BCUT2D eigenvalue weighted by molar-refractivity contribution is 7.99. The number of hydrogen-bond donors (Lipinski definition) is 1. The SMILES string of the molecule is CC(O)c1ccc(Sc2nnnn2C2CC2)cn1. The highest BCUT2D eigenvalue weighted by Crippen LogP contribution is 2.37. The van der Waals surface area contributed by atoms with Gasteiger partial charge < -0.3 is 5.11 Å². The van der Waals surface area contributed by atoms with Gasteiger partial charge in [-0.05, 0) is 54.1 Å². The summed E-state index contributed by atoms with van der Waals surface area (Å²) in [7, 11) is 0. The second kappa shape index (κ2) is 4.66. The fourth-order valence-electron chi connectivity index (χ4n) is 1.61. The van der Waals surface area contributed by atoms with Crippen LogP contribution < -0.4 is 0 Å². The van der Waals surface area contributed by atoms with Crippen molar-refractivity contribution in [1.82, 2.24) is 25.2 Å². The molecule has 0 amide bonds. The Labute approximate surface area is 108 Å². The smallest absolute Gasteiger partial charge is 0.214 e. The van der Waals surface area contributed by atoms with E-state index in [1.807, 2.05) is 16.8 Å². The number of aliphatic hydroxyl groups is 1. The van der Waals surface area contributed by atoms with Crippen LogP contribution in [0.3, 0.4) is 0 Å². The van der Waals surface area contributed by atoms with Crippen molar-refractivity contribution < 1.29 is 5.11 Å². The Bertz CT molecular complexity index is 535. The van der Waals surface area contributed by atoms with Gasteiger partial charge in [0.2, 0.25) is 5.16 Å². The van der Waals surface area contributed by atoms with Crippen molar-refractivity contribution in [1.29, 1.82) is 0 Å². The highest BCUT2D eigenvalue weighted by Gasteiger charge is 2.28. The molecule has 1 N–H and O–H groups in total. The van der Waals surface area contributed by atoms with Crippen LogP contribution in [0.4, 0.5) is 0 Å². The second-order valence-electron chi connectivity index (χ2n) is 4.33. The largest absolute Gasteiger partial charge is 0.387 e. The average Bonchev–Trinajstić information content (AvgIpc) is 3.11. The minimum Gasteiger partial charge on any atom is -0.387 e. The zero-order valence-electron chi connectivity index (χ0n) is 9.89. The minimum absolute atomic E-state index is 0.465. The molecular weight excluding hydrogens is 250 g/mol. The molecular formula is C11H13N5OS. The van der Waals surface area contributed by atoms with E-state index in [0.29, 0.717) is 11.7 Å². The van der Waals surface area contributed by atoms with E-state index >= 15 is 0 Å². The molecule has 0 spiro atoms. The van der Waals surface area contributed by atoms with Crippen molar-refractivity contribution in [2.24, 2.45) is 0 Å². The van der Waals surface area contributed by atoms with Gasteiger partial charge in [0.15, 0.2) is 0 Å². The lowest BCUT2D eigenvalue weighted by atomic mass is 10.2. The minimum atomic E-state index is -0.541. The normalized spacial score (nSPS) is 16.8. The molecule has 7 heteroatoms. The number of nitrogens with zero attached hydrogens (tertiary/aromatic N) is 5. The van der Waals surface area contributed by atoms with E-state index in [9.17, 15) is 5.11 Å². The van der Waals surface area contributed by atoms with Crippen LogP contribution in [0.15, 0.2) is 28.4 Å². The molecule has 2 aromatic rings. The van der Waals surface area contributed by atoms with Crippen LogP contribution in [0.25, 0.3) is 0 Å². The third-order valence-corrected chi connectivity index (χ3v) is 3.68. The first kappa shape index (κ1) is 11.6. The van der Waals surface area contributed by atoms with Crippen LogP contribution in [0.1, 0.15) is 37.6 Å². The van der Waals surface area contributed by atoms with Crippen molar-refractivity contribution in [3.05, 3.63) is 24.0 Å². The first-order chi connectivity index (χ1) is 8.74. The number of aliphatic hydroxyl groups excluding tert-OH is 1. The number of pyridine rings is 1. The van der Waals surface area contributed by atoms with Crippen LogP contribution in [0, 0.1) is 0 Å². The van der Waals surface area contributed by atoms with Crippen molar-refractivity contribution in [3.63, 3.8) is 0 Å². The molecule has 1 saturated carbocycles. The topological polar surface area (TPSA) is 76.7 Å². The van der Waals surface area contributed by atoms with E-state index in [1.54, 1.807) is 13.1 Å². The number of rotatable bonds is 4. The molecule has 1 aliphatic rings. The van der Waals surface area contributed by atoms with E-state index in [0.717, 1.165) is 22.9 Å². The Kier molecular flexibility index (Phi) is 3.00. The average molecular weight is 263 g/mol. The highest BCUT2D eigenvalue weighted by atomic mass is 32.2. The summed E-state index contributed by atoms with van der Waals surface area (Å²) in [5.41, 5.74) is 0.668. The van der Waals surface area contributed by atoms with Gasteiger partial charge in [0, 0.05) is 11.1 Å². The summed E-state index contributed by atoms with van der Waals surface area (Å²) < 4.78 is 1.87. The van der Waals surface area contributed by atoms with E-state index in [1.165, 1.54) is 11.8 Å². The summed E-state index contributed by atoms with van der Waals surface area (Å²) in [4.78, 5) is 5.17. The number of aromatic nitrogens is 5. The van der Waals surface area contributed by atoms with E-state index in [-0.39, 0.29) is 0 Å². The molecule has 2 heterocycles.